The van der Waals surface area contributed by atoms with Gasteiger partial charge in [-0.25, -0.2) is 4.39 Å². The summed E-state index contributed by atoms with van der Waals surface area (Å²) in [4.78, 5) is 22.0. The predicted molar refractivity (Wildman–Crippen MR) is 67.3 cm³/mol. The molecule has 19 heavy (non-hydrogen) atoms. The van der Waals surface area contributed by atoms with Gasteiger partial charge in [0.25, 0.3) is 11.6 Å². The summed E-state index contributed by atoms with van der Waals surface area (Å²) < 4.78 is 13.1. The molecule has 1 aromatic carbocycles. The molecule has 0 bridgehead atoms. The lowest BCUT2D eigenvalue weighted by atomic mass is 10.1. The van der Waals surface area contributed by atoms with Gasteiger partial charge in [-0.15, -0.1) is 0 Å². The van der Waals surface area contributed by atoms with E-state index in [2.05, 4.69) is 5.32 Å². The second-order valence-corrected chi connectivity index (χ2v) is 4.94. The fourth-order valence-corrected chi connectivity index (χ4v) is 2.03. The Morgan fingerprint density at radius 2 is 2.26 bits per heavy atom. The first kappa shape index (κ1) is 13.5. The van der Waals surface area contributed by atoms with Crippen LogP contribution in [0.3, 0.4) is 0 Å². The van der Waals surface area contributed by atoms with Crippen molar-refractivity contribution in [3.05, 3.63) is 39.7 Å². The third-order valence-electron chi connectivity index (χ3n) is 3.41. The van der Waals surface area contributed by atoms with Crippen molar-refractivity contribution in [2.45, 2.75) is 19.8 Å². The Morgan fingerprint density at radius 1 is 1.58 bits per heavy atom. The van der Waals surface area contributed by atoms with E-state index in [1.807, 2.05) is 6.92 Å². The smallest absolute Gasteiger partial charge is 0.282 e. The van der Waals surface area contributed by atoms with Crippen molar-refractivity contribution >= 4 is 11.6 Å². The number of nitro groups is 1. The number of rotatable bonds is 5. The van der Waals surface area contributed by atoms with E-state index in [0.29, 0.717) is 18.4 Å². The number of halogens is 1. The molecular weight excluding hydrogens is 251 g/mol. The van der Waals surface area contributed by atoms with Gasteiger partial charge in [0.05, 0.1) is 4.92 Å². The summed E-state index contributed by atoms with van der Waals surface area (Å²) in [5.74, 6) is -0.288. The summed E-state index contributed by atoms with van der Waals surface area (Å²) in [6, 6.07) is 2.88. The average Bonchev–Trinajstić information content (AvgIpc) is 3.19. The molecule has 0 saturated heterocycles. The van der Waals surface area contributed by atoms with Crippen LogP contribution < -0.4 is 5.32 Å². The van der Waals surface area contributed by atoms with Gasteiger partial charge >= 0.3 is 0 Å². The number of amides is 1. The Balaban J connectivity index is 2.08. The van der Waals surface area contributed by atoms with Gasteiger partial charge < -0.3 is 5.32 Å². The Kier molecular flexibility index (Phi) is 3.78. The summed E-state index contributed by atoms with van der Waals surface area (Å²) in [5, 5.41) is 13.4. The first-order valence-electron chi connectivity index (χ1n) is 6.21. The first-order chi connectivity index (χ1) is 8.99. The van der Waals surface area contributed by atoms with Crippen molar-refractivity contribution in [3.8, 4) is 0 Å². The van der Waals surface area contributed by atoms with E-state index in [1.54, 1.807) is 0 Å². The topological polar surface area (TPSA) is 72.2 Å². The molecule has 0 spiro atoms. The highest BCUT2D eigenvalue weighted by Crippen LogP contribution is 2.36. The third kappa shape index (κ3) is 3.27. The molecule has 0 aromatic heterocycles. The van der Waals surface area contributed by atoms with E-state index < -0.39 is 16.6 Å². The monoisotopic (exact) mass is 266 g/mol. The minimum absolute atomic E-state index is 0.229. The molecule has 6 heteroatoms. The van der Waals surface area contributed by atoms with Crippen molar-refractivity contribution in [3.63, 3.8) is 0 Å². The second kappa shape index (κ2) is 5.34. The van der Waals surface area contributed by atoms with Gasteiger partial charge in [0.15, 0.2) is 0 Å². The zero-order chi connectivity index (χ0) is 14.0. The highest BCUT2D eigenvalue weighted by molar-refractivity contribution is 5.98. The number of carbonyl (C=O) groups excluding carboxylic acids is 1. The summed E-state index contributed by atoms with van der Waals surface area (Å²) in [6.45, 7) is 2.48. The van der Waals surface area contributed by atoms with E-state index in [1.165, 1.54) is 0 Å². The molecule has 1 atom stereocenters. The summed E-state index contributed by atoms with van der Waals surface area (Å²) >= 11 is 0. The minimum Gasteiger partial charge on any atom is -0.352 e. The van der Waals surface area contributed by atoms with E-state index in [4.69, 9.17) is 0 Å². The molecule has 1 aromatic rings. The number of nitro benzene ring substituents is 1. The highest BCUT2D eigenvalue weighted by atomic mass is 19.1. The number of hydrogen-bond donors (Lipinski definition) is 1. The van der Waals surface area contributed by atoms with Crippen molar-refractivity contribution in [2.24, 2.45) is 11.8 Å². The standard InChI is InChI=1S/C13H15FN2O3/c1-8(9-2-3-9)7-15-13(17)11-6-10(14)4-5-12(11)16(18)19/h4-6,8-9H,2-3,7H2,1H3,(H,15,17). The molecule has 1 aliphatic rings. The van der Waals surface area contributed by atoms with Crippen LogP contribution >= 0.6 is 0 Å². The van der Waals surface area contributed by atoms with Gasteiger partial charge in [-0.2, -0.15) is 0 Å². The van der Waals surface area contributed by atoms with Gasteiger partial charge in [0, 0.05) is 12.6 Å². The fraction of sp³-hybridized carbons (Fsp3) is 0.462. The average molecular weight is 266 g/mol. The van der Waals surface area contributed by atoms with Crippen LogP contribution in [0.15, 0.2) is 18.2 Å². The van der Waals surface area contributed by atoms with Gasteiger partial charge in [0.2, 0.25) is 0 Å². The third-order valence-corrected chi connectivity index (χ3v) is 3.41. The fourth-order valence-electron chi connectivity index (χ4n) is 2.03. The second-order valence-electron chi connectivity index (χ2n) is 4.94. The molecule has 1 fully saturated rings. The lowest BCUT2D eigenvalue weighted by molar-refractivity contribution is -0.385. The lowest BCUT2D eigenvalue weighted by Crippen LogP contribution is -2.29. The lowest BCUT2D eigenvalue weighted by Gasteiger charge is -2.11. The molecule has 1 unspecified atom stereocenters. The molecule has 1 saturated carbocycles. The van der Waals surface area contributed by atoms with Crippen LogP contribution in [0, 0.1) is 27.8 Å². The van der Waals surface area contributed by atoms with E-state index in [0.717, 1.165) is 31.0 Å². The molecule has 0 aliphatic heterocycles. The number of hydrogen-bond acceptors (Lipinski definition) is 3. The quantitative estimate of drug-likeness (QED) is 0.657. The number of nitrogens with one attached hydrogen (secondary N) is 1. The summed E-state index contributed by atoms with van der Waals surface area (Å²) in [6.07, 6.45) is 2.33. The molecule has 1 N–H and O–H groups in total. The normalized spacial score (nSPS) is 15.9. The molecular formula is C13H15FN2O3. The summed E-state index contributed by atoms with van der Waals surface area (Å²) in [7, 11) is 0. The number of carbonyl (C=O) groups is 1. The highest BCUT2D eigenvalue weighted by Gasteiger charge is 2.28. The van der Waals surface area contributed by atoms with Crippen LogP contribution in [0.4, 0.5) is 10.1 Å². The van der Waals surface area contributed by atoms with E-state index >= 15 is 0 Å². The molecule has 2 rings (SSSR count). The van der Waals surface area contributed by atoms with Gasteiger partial charge in [-0.1, -0.05) is 6.92 Å². The van der Waals surface area contributed by atoms with Gasteiger partial charge in [-0.05, 0) is 36.8 Å². The Hall–Kier alpha value is -1.98. The van der Waals surface area contributed by atoms with Crippen molar-refractivity contribution in [1.29, 1.82) is 0 Å². The number of benzene rings is 1. The minimum atomic E-state index is -0.682. The SMILES string of the molecule is CC(CNC(=O)c1cc(F)ccc1[N+](=O)[O-])C1CC1. The van der Waals surface area contributed by atoms with Crippen LogP contribution in [0.25, 0.3) is 0 Å². The van der Waals surface area contributed by atoms with Crippen LogP contribution in [0.5, 0.6) is 0 Å². The number of nitrogens with zero attached hydrogens (tertiary/aromatic N) is 1. The van der Waals surface area contributed by atoms with E-state index in [-0.39, 0.29) is 11.3 Å². The van der Waals surface area contributed by atoms with Crippen LogP contribution in [0.1, 0.15) is 30.1 Å². The van der Waals surface area contributed by atoms with Crippen molar-refractivity contribution < 1.29 is 14.1 Å². The predicted octanol–water partition coefficient (Wildman–Crippen LogP) is 2.51. The van der Waals surface area contributed by atoms with Gasteiger partial charge in [0.1, 0.15) is 11.4 Å². The Morgan fingerprint density at radius 3 is 2.84 bits per heavy atom. The molecule has 0 heterocycles. The maximum Gasteiger partial charge on any atom is 0.282 e. The molecule has 102 valence electrons. The summed E-state index contributed by atoms with van der Waals surface area (Å²) in [5.41, 5.74) is -0.606. The molecule has 1 amide bonds. The Labute approximate surface area is 110 Å². The van der Waals surface area contributed by atoms with Crippen LogP contribution in [-0.2, 0) is 0 Å². The molecule has 0 radical (unpaired) electrons. The van der Waals surface area contributed by atoms with Crippen LogP contribution in [-0.4, -0.2) is 17.4 Å². The van der Waals surface area contributed by atoms with Crippen molar-refractivity contribution in [1.82, 2.24) is 5.32 Å². The van der Waals surface area contributed by atoms with Gasteiger partial charge in [-0.3, -0.25) is 14.9 Å². The molecule has 1 aliphatic carbocycles. The zero-order valence-corrected chi connectivity index (χ0v) is 10.6. The maximum atomic E-state index is 13.1. The molecule has 5 nitrogen and oxygen atoms in total. The zero-order valence-electron chi connectivity index (χ0n) is 10.6. The van der Waals surface area contributed by atoms with E-state index in [9.17, 15) is 19.3 Å². The largest absolute Gasteiger partial charge is 0.352 e. The maximum absolute atomic E-state index is 13.1. The van der Waals surface area contributed by atoms with Crippen LogP contribution in [0.2, 0.25) is 0 Å². The van der Waals surface area contributed by atoms with Crippen molar-refractivity contribution in [2.75, 3.05) is 6.54 Å². The Bertz CT molecular complexity index is 515. The first-order valence-corrected chi connectivity index (χ1v) is 6.21.